The molecule has 1 saturated heterocycles. The monoisotopic (exact) mass is 206 g/mol. The van der Waals surface area contributed by atoms with E-state index in [1.54, 1.807) is 11.0 Å². The van der Waals surface area contributed by atoms with Crippen molar-refractivity contribution in [1.82, 2.24) is 25.0 Å². The summed E-state index contributed by atoms with van der Waals surface area (Å²) in [5.74, 6) is 0.246. The molecule has 0 aliphatic carbocycles. The van der Waals surface area contributed by atoms with Gasteiger partial charge >= 0.3 is 0 Å². The Morgan fingerprint density at radius 3 is 2.87 bits per heavy atom. The minimum atomic E-state index is 0.246. The second-order valence-corrected chi connectivity index (χ2v) is 3.53. The number of aromatic nitrogens is 3. The Bertz CT molecular complexity index is 346. The summed E-state index contributed by atoms with van der Waals surface area (Å²) >= 11 is 0. The smallest absolute Gasteiger partial charge is 0.252 e. The molecule has 0 radical (unpaired) electrons. The van der Waals surface area contributed by atoms with Crippen LogP contribution in [0.3, 0.4) is 0 Å². The highest BCUT2D eigenvalue weighted by molar-refractivity contribution is 5.05. The molecule has 80 valence electrons. The molecular formula is C9H14N6. The summed E-state index contributed by atoms with van der Waals surface area (Å²) in [7, 11) is 0. The topological polar surface area (TPSA) is 69.8 Å². The maximum atomic E-state index is 8.56. The highest BCUT2D eigenvalue weighted by Crippen LogP contribution is 1.94. The third-order valence-electron chi connectivity index (χ3n) is 2.49. The fourth-order valence-corrected chi connectivity index (χ4v) is 1.63. The van der Waals surface area contributed by atoms with E-state index in [0.29, 0.717) is 0 Å². The van der Waals surface area contributed by atoms with Gasteiger partial charge < -0.3 is 5.32 Å². The number of hydrogen-bond donors (Lipinski definition) is 1. The van der Waals surface area contributed by atoms with Crippen molar-refractivity contribution in [3.8, 4) is 6.07 Å². The second kappa shape index (κ2) is 4.87. The molecule has 1 fully saturated rings. The lowest BCUT2D eigenvalue weighted by molar-refractivity contribution is 0.229. The van der Waals surface area contributed by atoms with Crippen LogP contribution >= 0.6 is 0 Å². The van der Waals surface area contributed by atoms with Gasteiger partial charge in [0.15, 0.2) is 0 Å². The summed E-state index contributed by atoms with van der Waals surface area (Å²) in [6, 6.07) is 1.92. The molecule has 0 saturated carbocycles. The van der Waals surface area contributed by atoms with Gasteiger partial charge in [-0.3, -0.25) is 9.58 Å². The fraction of sp³-hybridized carbons (Fsp3) is 0.667. The molecule has 0 bridgehead atoms. The molecule has 2 heterocycles. The van der Waals surface area contributed by atoms with Crippen molar-refractivity contribution in [3.05, 3.63) is 12.2 Å². The number of hydrogen-bond acceptors (Lipinski definition) is 5. The van der Waals surface area contributed by atoms with Gasteiger partial charge in [-0.15, -0.1) is 5.10 Å². The number of piperazine rings is 1. The normalized spacial score (nSPS) is 17.5. The van der Waals surface area contributed by atoms with Crippen LogP contribution in [0.4, 0.5) is 0 Å². The summed E-state index contributed by atoms with van der Waals surface area (Å²) in [6.07, 6.45) is 1.61. The van der Waals surface area contributed by atoms with Crippen LogP contribution in [-0.4, -0.2) is 52.4 Å². The highest BCUT2D eigenvalue weighted by atomic mass is 15.3. The van der Waals surface area contributed by atoms with Crippen molar-refractivity contribution in [2.24, 2.45) is 0 Å². The molecular weight excluding hydrogens is 192 g/mol. The Kier molecular flexibility index (Phi) is 3.27. The molecule has 1 aromatic heterocycles. The lowest BCUT2D eigenvalue weighted by atomic mass is 10.3. The molecule has 6 nitrogen and oxygen atoms in total. The Morgan fingerprint density at radius 1 is 1.40 bits per heavy atom. The standard InChI is InChI=1S/C9H14N6/c10-7-9-12-8-15(13-9)6-5-14-3-1-11-2-4-14/h8,11H,1-6H2. The van der Waals surface area contributed by atoms with Gasteiger partial charge in [0.2, 0.25) is 0 Å². The SMILES string of the molecule is N#Cc1ncn(CCN2CCNCC2)n1. The van der Waals surface area contributed by atoms with Crippen LogP contribution < -0.4 is 5.32 Å². The number of rotatable bonds is 3. The number of nitrogens with one attached hydrogen (secondary N) is 1. The van der Waals surface area contributed by atoms with Crippen molar-refractivity contribution in [3.63, 3.8) is 0 Å². The second-order valence-electron chi connectivity index (χ2n) is 3.53. The molecule has 0 unspecified atom stereocenters. The Balaban J connectivity index is 1.79. The highest BCUT2D eigenvalue weighted by Gasteiger charge is 2.09. The van der Waals surface area contributed by atoms with E-state index >= 15 is 0 Å². The van der Waals surface area contributed by atoms with Crippen molar-refractivity contribution in [1.29, 1.82) is 5.26 Å². The first kappa shape index (κ1) is 10.1. The zero-order valence-corrected chi connectivity index (χ0v) is 8.56. The van der Waals surface area contributed by atoms with Crippen LogP contribution in [0.1, 0.15) is 5.82 Å². The van der Waals surface area contributed by atoms with Gasteiger partial charge in [0.1, 0.15) is 12.4 Å². The first-order valence-corrected chi connectivity index (χ1v) is 5.11. The van der Waals surface area contributed by atoms with Gasteiger partial charge in [0, 0.05) is 32.7 Å². The van der Waals surface area contributed by atoms with Crippen LogP contribution in [0, 0.1) is 11.3 Å². The molecule has 0 aromatic carbocycles. The van der Waals surface area contributed by atoms with Crippen LogP contribution in [0.15, 0.2) is 6.33 Å². The minimum Gasteiger partial charge on any atom is -0.314 e. The predicted octanol–water partition coefficient (Wildman–Crippen LogP) is -0.945. The third kappa shape index (κ3) is 2.75. The van der Waals surface area contributed by atoms with E-state index in [1.807, 2.05) is 6.07 Å². The zero-order chi connectivity index (χ0) is 10.5. The van der Waals surface area contributed by atoms with Gasteiger partial charge in [-0.2, -0.15) is 5.26 Å². The summed E-state index contributed by atoms with van der Waals surface area (Å²) in [6.45, 7) is 6.05. The Hall–Kier alpha value is -1.45. The van der Waals surface area contributed by atoms with Crippen molar-refractivity contribution in [2.75, 3.05) is 32.7 Å². The molecule has 1 N–H and O–H groups in total. The molecule has 6 heteroatoms. The van der Waals surface area contributed by atoms with Gasteiger partial charge in [-0.1, -0.05) is 0 Å². The van der Waals surface area contributed by atoms with E-state index in [0.717, 1.165) is 39.3 Å². The molecule has 0 spiro atoms. The molecule has 1 aliphatic rings. The van der Waals surface area contributed by atoms with E-state index < -0.39 is 0 Å². The first-order chi connectivity index (χ1) is 7.38. The lowest BCUT2D eigenvalue weighted by Crippen LogP contribution is -2.44. The largest absolute Gasteiger partial charge is 0.314 e. The van der Waals surface area contributed by atoms with E-state index in [-0.39, 0.29) is 5.82 Å². The molecule has 2 rings (SSSR count). The molecule has 1 aromatic rings. The number of nitrogens with zero attached hydrogens (tertiary/aromatic N) is 5. The molecule has 0 atom stereocenters. The van der Waals surface area contributed by atoms with Crippen LogP contribution in [0.5, 0.6) is 0 Å². The quantitative estimate of drug-likeness (QED) is 0.691. The first-order valence-electron chi connectivity index (χ1n) is 5.11. The molecule has 0 amide bonds. The van der Waals surface area contributed by atoms with Crippen molar-refractivity contribution >= 4 is 0 Å². The average Bonchev–Trinajstić information content (AvgIpc) is 2.76. The summed E-state index contributed by atoms with van der Waals surface area (Å²) < 4.78 is 1.72. The minimum absolute atomic E-state index is 0.246. The van der Waals surface area contributed by atoms with Gasteiger partial charge in [0.25, 0.3) is 5.82 Å². The van der Waals surface area contributed by atoms with Crippen LogP contribution in [-0.2, 0) is 6.54 Å². The fourth-order valence-electron chi connectivity index (χ4n) is 1.63. The van der Waals surface area contributed by atoms with E-state index in [9.17, 15) is 0 Å². The van der Waals surface area contributed by atoms with E-state index in [2.05, 4.69) is 20.3 Å². The van der Waals surface area contributed by atoms with E-state index in [4.69, 9.17) is 5.26 Å². The van der Waals surface area contributed by atoms with Gasteiger partial charge in [0.05, 0.1) is 6.54 Å². The molecule has 1 aliphatic heterocycles. The summed E-state index contributed by atoms with van der Waals surface area (Å²) in [4.78, 5) is 6.24. The van der Waals surface area contributed by atoms with Crippen molar-refractivity contribution in [2.45, 2.75) is 6.54 Å². The van der Waals surface area contributed by atoms with Crippen LogP contribution in [0.25, 0.3) is 0 Å². The maximum Gasteiger partial charge on any atom is 0.252 e. The third-order valence-corrected chi connectivity index (χ3v) is 2.49. The lowest BCUT2D eigenvalue weighted by Gasteiger charge is -2.26. The predicted molar refractivity (Wildman–Crippen MR) is 54.0 cm³/mol. The maximum absolute atomic E-state index is 8.56. The summed E-state index contributed by atoms with van der Waals surface area (Å²) in [5, 5.41) is 15.9. The zero-order valence-electron chi connectivity index (χ0n) is 8.56. The van der Waals surface area contributed by atoms with Crippen molar-refractivity contribution < 1.29 is 0 Å². The summed E-state index contributed by atoms with van der Waals surface area (Å²) in [5.41, 5.74) is 0. The van der Waals surface area contributed by atoms with Crippen LogP contribution in [0.2, 0.25) is 0 Å². The number of nitriles is 1. The average molecular weight is 206 g/mol. The van der Waals surface area contributed by atoms with E-state index in [1.165, 1.54) is 0 Å². The van der Waals surface area contributed by atoms with Gasteiger partial charge in [-0.05, 0) is 0 Å². The Morgan fingerprint density at radius 2 is 2.20 bits per heavy atom. The molecule has 15 heavy (non-hydrogen) atoms. The Labute approximate surface area is 88.5 Å². The van der Waals surface area contributed by atoms with Gasteiger partial charge in [-0.25, -0.2) is 4.98 Å².